The van der Waals surface area contributed by atoms with Crippen LogP contribution in [0.4, 0.5) is 0 Å². The molecule has 0 heterocycles. The second kappa shape index (κ2) is 3.95. The highest BCUT2D eigenvalue weighted by molar-refractivity contribution is 5.71. The Labute approximate surface area is 53.9 Å². The quantitative estimate of drug-likeness (QED) is 0.448. The third kappa shape index (κ3) is 3.58. The average molecular weight is 130 g/mol. The number of ether oxygens (including phenoxy) is 1. The number of rotatable bonds is 2. The smallest absolute Gasteiger partial charge is 0.309 e. The Morgan fingerprint density at radius 1 is 1.78 bits per heavy atom. The fourth-order valence-corrected chi connectivity index (χ4v) is 0.345. The minimum atomic E-state index is -0.335. The SMILES string of the molecule is COC(=O)C/C(C)=C/O. The lowest BCUT2D eigenvalue weighted by molar-refractivity contribution is -0.139. The van der Waals surface area contributed by atoms with Gasteiger partial charge >= 0.3 is 5.97 Å². The van der Waals surface area contributed by atoms with Gasteiger partial charge in [-0.05, 0) is 12.5 Å². The van der Waals surface area contributed by atoms with E-state index in [0.29, 0.717) is 5.57 Å². The van der Waals surface area contributed by atoms with Gasteiger partial charge in [0.2, 0.25) is 0 Å². The molecule has 0 aromatic rings. The molecular weight excluding hydrogens is 120 g/mol. The van der Waals surface area contributed by atoms with Crippen LogP contribution in [-0.2, 0) is 9.53 Å². The van der Waals surface area contributed by atoms with Crippen LogP contribution in [0.15, 0.2) is 11.8 Å². The lowest BCUT2D eigenvalue weighted by Gasteiger charge is -1.95. The van der Waals surface area contributed by atoms with Crippen LogP contribution in [0.3, 0.4) is 0 Å². The monoisotopic (exact) mass is 130 g/mol. The fraction of sp³-hybridized carbons (Fsp3) is 0.500. The Hall–Kier alpha value is -0.990. The van der Waals surface area contributed by atoms with Crippen molar-refractivity contribution in [2.45, 2.75) is 13.3 Å². The van der Waals surface area contributed by atoms with Crippen molar-refractivity contribution in [1.82, 2.24) is 0 Å². The summed E-state index contributed by atoms with van der Waals surface area (Å²) in [7, 11) is 1.31. The third-order valence-electron chi connectivity index (χ3n) is 0.871. The summed E-state index contributed by atoms with van der Waals surface area (Å²) in [6, 6.07) is 0. The summed E-state index contributed by atoms with van der Waals surface area (Å²) in [4.78, 5) is 10.4. The normalized spacial score (nSPS) is 11.1. The predicted octanol–water partition coefficient (Wildman–Crippen LogP) is 1.01. The number of hydrogen-bond donors (Lipinski definition) is 1. The molecule has 3 nitrogen and oxygen atoms in total. The Bertz CT molecular complexity index is 126. The van der Waals surface area contributed by atoms with Crippen LogP contribution < -0.4 is 0 Å². The van der Waals surface area contributed by atoms with Gasteiger partial charge in [-0.1, -0.05) is 0 Å². The molecule has 0 aromatic carbocycles. The summed E-state index contributed by atoms with van der Waals surface area (Å²) in [6.07, 6.45) is 1.06. The highest BCUT2D eigenvalue weighted by atomic mass is 16.5. The third-order valence-corrected chi connectivity index (χ3v) is 0.871. The second-order valence-corrected chi connectivity index (χ2v) is 1.73. The van der Waals surface area contributed by atoms with Gasteiger partial charge in [0.05, 0.1) is 19.8 Å². The Morgan fingerprint density at radius 2 is 2.33 bits per heavy atom. The Kier molecular flexibility index (Phi) is 3.51. The molecule has 0 radical (unpaired) electrons. The topological polar surface area (TPSA) is 46.5 Å². The molecular formula is C6H10O3. The van der Waals surface area contributed by atoms with E-state index in [9.17, 15) is 4.79 Å². The number of aliphatic hydroxyl groups is 1. The molecule has 0 rings (SSSR count). The molecule has 0 amide bonds. The van der Waals surface area contributed by atoms with Gasteiger partial charge in [0, 0.05) is 0 Å². The van der Waals surface area contributed by atoms with Crippen LogP contribution in [0.5, 0.6) is 0 Å². The largest absolute Gasteiger partial charge is 0.516 e. The minimum absolute atomic E-state index is 0.160. The molecule has 0 aromatic heterocycles. The van der Waals surface area contributed by atoms with Crippen molar-refractivity contribution in [3.8, 4) is 0 Å². The van der Waals surface area contributed by atoms with E-state index in [1.54, 1.807) is 6.92 Å². The first-order chi connectivity index (χ1) is 4.20. The Balaban J connectivity index is 3.60. The molecule has 1 N–H and O–H groups in total. The molecule has 0 aliphatic heterocycles. The van der Waals surface area contributed by atoms with Gasteiger partial charge in [0.15, 0.2) is 0 Å². The molecule has 0 saturated carbocycles. The summed E-state index contributed by atoms with van der Waals surface area (Å²) in [5.74, 6) is -0.335. The van der Waals surface area contributed by atoms with E-state index in [1.165, 1.54) is 7.11 Å². The van der Waals surface area contributed by atoms with Gasteiger partial charge in [-0.2, -0.15) is 0 Å². The maximum Gasteiger partial charge on any atom is 0.309 e. The number of carbonyl (C=O) groups is 1. The number of hydrogen-bond acceptors (Lipinski definition) is 3. The standard InChI is InChI=1S/C6H10O3/c1-5(4-7)3-6(8)9-2/h4,7H,3H2,1-2H3/b5-4+. The summed E-state index contributed by atoms with van der Waals surface area (Å²) >= 11 is 0. The maximum absolute atomic E-state index is 10.4. The van der Waals surface area contributed by atoms with E-state index in [4.69, 9.17) is 5.11 Å². The van der Waals surface area contributed by atoms with Crippen molar-refractivity contribution >= 4 is 5.97 Å². The number of aliphatic hydroxyl groups excluding tert-OH is 1. The van der Waals surface area contributed by atoms with E-state index < -0.39 is 0 Å². The van der Waals surface area contributed by atoms with E-state index in [2.05, 4.69) is 4.74 Å². The average Bonchev–Trinajstić information content (AvgIpc) is 1.87. The summed E-state index contributed by atoms with van der Waals surface area (Å²) in [6.45, 7) is 1.65. The van der Waals surface area contributed by atoms with Crippen molar-refractivity contribution in [2.24, 2.45) is 0 Å². The molecule has 0 fully saturated rings. The first-order valence-corrected chi connectivity index (χ1v) is 2.57. The molecule has 0 aliphatic rings. The molecule has 0 unspecified atom stereocenters. The maximum atomic E-state index is 10.4. The zero-order chi connectivity index (χ0) is 7.28. The zero-order valence-electron chi connectivity index (χ0n) is 5.55. The number of esters is 1. The second-order valence-electron chi connectivity index (χ2n) is 1.73. The fourth-order valence-electron chi connectivity index (χ4n) is 0.345. The molecule has 3 heteroatoms. The van der Waals surface area contributed by atoms with Crippen LogP contribution in [0.2, 0.25) is 0 Å². The summed E-state index contributed by atoms with van der Waals surface area (Å²) in [5.41, 5.74) is 0.599. The van der Waals surface area contributed by atoms with E-state index in [0.717, 1.165) is 6.26 Å². The first-order valence-electron chi connectivity index (χ1n) is 2.57. The van der Waals surface area contributed by atoms with E-state index >= 15 is 0 Å². The summed E-state index contributed by atoms with van der Waals surface area (Å²) in [5, 5.41) is 8.31. The minimum Gasteiger partial charge on any atom is -0.516 e. The van der Waals surface area contributed by atoms with Crippen LogP contribution in [-0.4, -0.2) is 18.2 Å². The van der Waals surface area contributed by atoms with Gasteiger partial charge in [0.1, 0.15) is 0 Å². The van der Waals surface area contributed by atoms with Crippen molar-refractivity contribution in [3.63, 3.8) is 0 Å². The van der Waals surface area contributed by atoms with Crippen molar-refractivity contribution < 1.29 is 14.6 Å². The summed E-state index contributed by atoms with van der Waals surface area (Å²) < 4.78 is 4.33. The van der Waals surface area contributed by atoms with Crippen molar-refractivity contribution in [3.05, 3.63) is 11.8 Å². The van der Waals surface area contributed by atoms with Crippen LogP contribution >= 0.6 is 0 Å². The van der Waals surface area contributed by atoms with Gasteiger partial charge < -0.3 is 9.84 Å². The Morgan fingerprint density at radius 3 is 2.67 bits per heavy atom. The lowest BCUT2D eigenvalue weighted by Crippen LogP contribution is -1.99. The van der Waals surface area contributed by atoms with Crippen LogP contribution in [0, 0.1) is 0 Å². The van der Waals surface area contributed by atoms with Gasteiger partial charge in [-0.15, -0.1) is 0 Å². The first kappa shape index (κ1) is 8.01. The van der Waals surface area contributed by atoms with Crippen molar-refractivity contribution in [1.29, 1.82) is 0 Å². The lowest BCUT2D eigenvalue weighted by atomic mass is 10.2. The molecule has 0 saturated heterocycles. The highest BCUT2D eigenvalue weighted by Crippen LogP contribution is 1.98. The van der Waals surface area contributed by atoms with Crippen molar-refractivity contribution in [2.75, 3.05) is 7.11 Å². The highest BCUT2D eigenvalue weighted by Gasteiger charge is 1.99. The predicted molar refractivity (Wildman–Crippen MR) is 33.0 cm³/mol. The van der Waals surface area contributed by atoms with E-state index in [1.807, 2.05) is 0 Å². The molecule has 52 valence electrons. The van der Waals surface area contributed by atoms with Gasteiger partial charge in [-0.25, -0.2) is 0 Å². The van der Waals surface area contributed by atoms with Crippen LogP contribution in [0.1, 0.15) is 13.3 Å². The molecule has 0 bridgehead atoms. The van der Waals surface area contributed by atoms with E-state index in [-0.39, 0.29) is 12.4 Å². The zero-order valence-corrected chi connectivity index (χ0v) is 5.55. The molecule has 0 spiro atoms. The number of carbonyl (C=O) groups excluding carboxylic acids is 1. The number of methoxy groups -OCH3 is 1. The molecule has 0 atom stereocenters. The van der Waals surface area contributed by atoms with Gasteiger partial charge in [0.25, 0.3) is 0 Å². The van der Waals surface area contributed by atoms with Crippen LogP contribution in [0.25, 0.3) is 0 Å². The molecule has 9 heavy (non-hydrogen) atoms. The molecule has 0 aliphatic carbocycles. The van der Waals surface area contributed by atoms with Gasteiger partial charge in [-0.3, -0.25) is 4.79 Å².